The average Bonchev–Trinajstić information content (AvgIpc) is 2.53. The Morgan fingerprint density at radius 2 is 2.15 bits per heavy atom. The topological polar surface area (TPSA) is 29.1 Å². The van der Waals surface area contributed by atoms with E-state index < -0.39 is 0 Å². The van der Waals surface area contributed by atoms with Crippen LogP contribution in [0.4, 0.5) is 4.79 Å². The van der Waals surface area contributed by atoms with Gasteiger partial charge in [-0.3, -0.25) is 4.79 Å². The van der Waals surface area contributed by atoms with E-state index in [-0.39, 0.29) is 5.24 Å². The Labute approximate surface area is 81.7 Å². The molecule has 1 saturated heterocycles. The van der Waals surface area contributed by atoms with Crippen molar-refractivity contribution in [2.24, 2.45) is 0 Å². The molecular formula is C10H11NOS. The molecule has 1 aliphatic heterocycles. The Morgan fingerprint density at radius 1 is 1.38 bits per heavy atom. The van der Waals surface area contributed by atoms with Gasteiger partial charge >= 0.3 is 0 Å². The molecule has 1 aromatic carbocycles. The molecule has 0 aromatic heterocycles. The number of thioether (sulfide) groups is 1. The fourth-order valence-corrected chi connectivity index (χ4v) is 2.24. The van der Waals surface area contributed by atoms with Gasteiger partial charge in [0.15, 0.2) is 0 Å². The fraction of sp³-hybridized carbons (Fsp3) is 0.300. The van der Waals surface area contributed by atoms with Gasteiger partial charge in [0, 0.05) is 11.8 Å². The Hall–Kier alpha value is -0.960. The molecular weight excluding hydrogens is 182 g/mol. The van der Waals surface area contributed by atoms with Crippen LogP contribution in [0, 0.1) is 0 Å². The quantitative estimate of drug-likeness (QED) is 0.779. The highest BCUT2D eigenvalue weighted by Crippen LogP contribution is 2.16. The summed E-state index contributed by atoms with van der Waals surface area (Å²) in [5.41, 5.74) is 1.29. The van der Waals surface area contributed by atoms with Crippen LogP contribution >= 0.6 is 11.8 Å². The maximum absolute atomic E-state index is 10.9. The Bertz CT molecular complexity index is 299. The number of carbonyl (C=O) groups is 1. The molecule has 68 valence electrons. The van der Waals surface area contributed by atoms with Gasteiger partial charge in [0.25, 0.3) is 5.24 Å². The van der Waals surface area contributed by atoms with Crippen LogP contribution < -0.4 is 5.32 Å². The third-order valence-electron chi connectivity index (χ3n) is 2.06. The molecule has 0 aliphatic carbocycles. The summed E-state index contributed by atoms with van der Waals surface area (Å²) in [6.07, 6.45) is 0.944. The lowest BCUT2D eigenvalue weighted by Crippen LogP contribution is -2.28. The van der Waals surface area contributed by atoms with Crippen molar-refractivity contribution in [2.45, 2.75) is 12.5 Å². The number of hydrogen-bond donors (Lipinski definition) is 1. The molecule has 1 atom stereocenters. The molecule has 2 rings (SSSR count). The molecule has 0 bridgehead atoms. The highest BCUT2D eigenvalue weighted by atomic mass is 32.2. The van der Waals surface area contributed by atoms with Crippen molar-refractivity contribution in [2.75, 3.05) is 5.75 Å². The predicted octanol–water partition coefficient (Wildman–Crippen LogP) is 2.05. The number of benzene rings is 1. The van der Waals surface area contributed by atoms with Gasteiger partial charge in [-0.25, -0.2) is 0 Å². The Morgan fingerprint density at radius 3 is 2.77 bits per heavy atom. The van der Waals surface area contributed by atoms with Crippen molar-refractivity contribution >= 4 is 17.0 Å². The molecule has 1 fully saturated rings. The molecule has 0 radical (unpaired) electrons. The third kappa shape index (κ3) is 2.25. The van der Waals surface area contributed by atoms with Gasteiger partial charge in [0.2, 0.25) is 0 Å². The molecule has 1 aliphatic rings. The zero-order valence-corrected chi connectivity index (χ0v) is 8.01. The van der Waals surface area contributed by atoms with Crippen LogP contribution in [0.15, 0.2) is 30.3 Å². The lowest BCUT2D eigenvalue weighted by Gasteiger charge is -2.07. The van der Waals surface area contributed by atoms with E-state index in [2.05, 4.69) is 17.4 Å². The number of nitrogens with one attached hydrogen (secondary N) is 1. The zero-order valence-electron chi connectivity index (χ0n) is 7.19. The normalized spacial score (nSPS) is 21.5. The van der Waals surface area contributed by atoms with Crippen molar-refractivity contribution in [3.8, 4) is 0 Å². The van der Waals surface area contributed by atoms with E-state index in [1.165, 1.54) is 17.3 Å². The minimum Gasteiger partial charge on any atom is -0.343 e. The SMILES string of the molecule is O=C1N[C@@H](Cc2ccccc2)CS1. The van der Waals surface area contributed by atoms with Crippen LogP contribution in [0.5, 0.6) is 0 Å². The summed E-state index contributed by atoms with van der Waals surface area (Å²) in [6.45, 7) is 0. The summed E-state index contributed by atoms with van der Waals surface area (Å²) >= 11 is 1.37. The molecule has 0 spiro atoms. The van der Waals surface area contributed by atoms with Gasteiger partial charge in [0.05, 0.1) is 0 Å². The second-order valence-corrected chi connectivity index (χ2v) is 4.12. The lowest BCUT2D eigenvalue weighted by atomic mass is 10.1. The smallest absolute Gasteiger partial charge is 0.279 e. The number of hydrogen-bond acceptors (Lipinski definition) is 2. The molecule has 1 amide bonds. The Balaban J connectivity index is 1.96. The highest BCUT2D eigenvalue weighted by molar-refractivity contribution is 8.13. The monoisotopic (exact) mass is 193 g/mol. The van der Waals surface area contributed by atoms with Crippen molar-refractivity contribution in [1.82, 2.24) is 5.32 Å². The summed E-state index contributed by atoms with van der Waals surface area (Å²) < 4.78 is 0. The number of carbonyl (C=O) groups excluding carboxylic acids is 1. The maximum atomic E-state index is 10.9. The second kappa shape index (κ2) is 3.83. The third-order valence-corrected chi connectivity index (χ3v) is 3.01. The molecule has 2 nitrogen and oxygen atoms in total. The van der Waals surface area contributed by atoms with E-state index in [4.69, 9.17) is 0 Å². The van der Waals surface area contributed by atoms with Gasteiger partial charge in [-0.15, -0.1) is 0 Å². The number of amides is 1. The van der Waals surface area contributed by atoms with Crippen molar-refractivity contribution in [3.63, 3.8) is 0 Å². The largest absolute Gasteiger partial charge is 0.343 e. The molecule has 1 N–H and O–H groups in total. The molecule has 0 unspecified atom stereocenters. The summed E-state index contributed by atoms with van der Waals surface area (Å²) in [5.74, 6) is 0.897. The molecule has 1 aromatic rings. The van der Waals surface area contributed by atoms with E-state index in [9.17, 15) is 4.79 Å². The highest BCUT2D eigenvalue weighted by Gasteiger charge is 2.21. The lowest BCUT2D eigenvalue weighted by molar-refractivity contribution is 0.260. The first kappa shape index (κ1) is 8.63. The van der Waals surface area contributed by atoms with Crippen molar-refractivity contribution < 1.29 is 4.79 Å². The molecule has 13 heavy (non-hydrogen) atoms. The molecule has 0 saturated carbocycles. The first-order valence-electron chi connectivity index (χ1n) is 4.32. The zero-order chi connectivity index (χ0) is 9.10. The summed E-state index contributed by atoms with van der Waals surface area (Å²) in [7, 11) is 0. The van der Waals surface area contributed by atoms with Crippen molar-refractivity contribution in [1.29, 1.82) is 0 Å². The van der Waals surface area contributed by atoms with Crippen LogP contribution in [-0.2, 0) is 6.42 Å². The minimum absolute atomic E-state index is 0.112. The predicted molar refractivity (Wildman–Crippen MR) is 54.9 cm³/mol. The maximum Gasteiger partial charge on any atom is 0.279 e. The van der Waals surface area contributed by atoms with Crippen molar-refractivity contribution in [3.05, 3.63) is 35.9 Å². The van der Waals surface area contributed by atoms with Crippen LogP contribution in [-0.4, -0.2) is 17.0 Å². The van der Waals surface area contributed by atoms with E-state index >= 15 is 0 Å². The summed E-state index contributed by atoms with van der Waals surface area (Å²) in [5, 5.41) is 3.04. The molecule has 3 heteroatoms. The van der Waals surface area contributed by atoms with Crippen LogP contribution in [0.2, 0.25) is 0 Å². The van der Waals surface area contributed by atoms with Crippen LogP contribution in [0.25, 0.3) is 0 Å². The van der Waals surface area contributed by atoms with Crippen LogP contribution in [0.1, 0.15) is 5.56 Å². The van der Waals surface area contributed by atoms with E-state index in [0.717, 1.165) is 12.2 Å². The van der Waals surface area contributed by atoms with Gasteiger partial charge in [-0.2, -0.15) is 0 Å². The van der Waals surface area contributed by atoms with Gasteiger partial charge < -0.3 is 5.32 Å². The fourth-order valence-electron chi connectivity index (χ4n) is 1.43. The van der Waals surface area contributed by atoms with E-state index in [0.29, 0.717) is 6.04 Å². The minimum atomic E-state index is 0.112. The second-order valence-electron chi connectivity index (χ2n) is 3.13. The van der Waals surface area contributed by atoms with Gasteiger partial charge in [0.1, 0.15) is 0 Å². The summed E-state index contributed by atoms with van der Waals surface area (Å²) in [6, 6.07) is 10.6. The first-order valence-corrected chi connectivity index (χ1v) is 5.30. The standard InChI is InChI=1S/C10H11NOS/c12-10-11-9(7-13-10)6-8-4-2-1-3-5-8/h1-5,9H,6-7H2,(H,11,12)/t9-/m0/s1. The Kier molecular flexibility index (Phi) is 2.54. The van der Waals surface area contributed by atoms with Crippen LogP contribution in [0.3, 0.4) is 0 Å². The first-order chi connectivity index (χ1) is 6.34. The molecule has 1 heterocycles. The van der Waals surface area contributed by atoms with E-state index in [1.807, 2.05) is 18.2 Å². The van der Waals surface area contributed by atoms with Gasteiger partial charge in [-0.1, -0.05) is 42.1 Å². The number of rotatable bonds is 2. The average molecular weight is 193 g/mol. The van der Waals surface area contributed by atoms with Gasteiger partial charge in [-0.05, 0) is 12.0 Å². The van der Waals surface area contributed by atoms with E-state index in [1.54, 1.807) is 0 Å². The summed E-state index contributed by atoms with van der Waals surface area (Å²) in [4.78, 5) is 10.9.